The largest absolute Gasteiger partial charge is 0.341 e. The molecule has 4 nitrogen and oxygen atoms in total. The number of carbonyl (C=O) groups is 2. The van der Waals surface area contributed by atoms with E-state index in [4.69, 9.17) is 11.6 Å². The molecule has 2 fully saturated rings. The van der Waals surface area contributed by atoms with E-state index in [2.05, 4.69) is 0 Å². The van der Waals surface area contributed by atoms with E-state index in [-0.39, 0.29) is 11.8 Å². The number of carbonyl (C=O) groups excluding carboxylic acids is 2. The molecule has 0 bridgehead atoms. The summed E-state index contributed by atoms with van der Waals surface area (Å²) in [5.74, 6) is 0.457. The quantitative estimate of drug-likeness (QED) is 0.819. The lowest BCUT2D eigenvalue weighted by atomic mass is 9.88. The fourth-order valence-corrected chi connectivity index (χ4v) is 3.97. The normalized spacial score (nSPS) is 19.9. The fraction of sp³-hybridized carbons (Fsp3) is 0.579. The van der Waals surface area contributed by atoms with Crippen LogP contribution in [0.4, 0.5) is 0 Å². The van der Waals surface area contributed by atoms with E-state index >= 15 is 0 Å². The van der Waals surface area contributed by atoms with Gasteiger partial charge in [-0.15, -0.1) is 0 Å². The maximum absolute atomic E-state index is 12.7. The maximum atomic E-state index is 12.7. The van der Waals surface area contributed by atoms with Gasteiger partial charge >= 0.3 is 0 Å². The smallest absolute Gasteiger partial charge is 0.255 e. The highest BCUT2D eigenvalue weighted by Gasteiger charge is 2.28. The molecular formula is C19H25ClN2O2. The van der Waals surface area contributed by atoms with Crippen LogP contribution in [0.15, 0.2) is 24.3 Å². The summed E-state index contributed by atoms with van der Waals surface area (Å²) in [6, 6.07) is 7.16. The zero-order chi connectivity index (χ0) is 16.9. The third-order valence-corrected chi connectivity index (χ3v) is 5.48. The summed E-state index contributed by atoms with van der Waals surface area (Å²) in [5.41, 5.74) is 0.547. The summed E-state index contributed by atoms with van der Waals surface area (Å²) in [4.78, 5) is 29.2. The Kier molecular flexibility index (Phi) is 5.77. The van der Waals surface area contributed by atoms with Crippen LogP contribution in [0.5, 0.6) is 0 Å². The van der Waals surface area contributed by atoms with Crippen molar-refractivity contribution in [2.24, 2.45) is 5.92 Å². The molecule has 1 aromatic carbocycles. The van der Waals surface area contributed by atoms with Crippen LogP contribution in [0, 0.1) is 5.92 Å². The van der Waals surface area contributed by atoms with E-state index in [1.807, 2.05) is 21.9 Å². The van der Waals surface area contributed by atoms with Crippen LogP contribution in [0.25, 0.3) is 0 Å². The second-order valence-electron chi connectivity index (χ2n) is 6.79. The first-order valence-corrected chi connectivity index (χ1v) is 9.37. The van der Waals surface area contributed by atoms with Crippen molar-refractivity contribution in [3.63, 3.8) is 0 Å². The van der Waals surface area contributed by atoms with Crippen LogP contribution in [-0.4, -0.2) is 47.8 Å². The van der Waals surface area contributed by atoms with Gasteiger partial charge < -0.3 is 9.80 Å². The van der Waals surface area contributed by atoms with E-state index < -0.39 is 0 Å². The second kappa shape index (κ2) is 8.02. The zero-order valence-corrected chi connectivity index (χ0v) is 14.8. The number of hydrogen-bond acceptors (Lipinski definition) is 2. The predicted octanol–water partition coefficient (Wildman–Crippen LogP) is 3.59. The number of nitrogens with zero attached hydrogens (tertiary/aromatic N) is 2. The molecule has 3 rings (SSSR count). The van der Waals surface area contributed by atoms with Crippen molar-refractivity contribution in [3.05, 3.63) is 34.9 Å². The molecule has 130 valence electrons. The average molecular weight is 349 g/mol. The summed E-state index contributed by atoms with van der Waals surface area (Å²) in [7, 11) is 0. The van der Waals surface area contributed by atoms with Gasteiger partial charge in [0.2, 0.25) is 5.91 Å². The molecule has 1 saturated carbocycles. The summed E-state index contributed by atoms with van der Waals surface area (Å²) in [5, 5.41) is 0.488. The highest BCUT2D eigenvalue weighted by Crippen LogP contribution is 2.26. The van der Waals surface area contributed by atoms with Crippen LogP contribution in [-0.2, 0) is 4.79 Å². The van der Waals surface area contributed by atoms with Crippen LogP contribution < -0.4 is 0 Å². The van der Waals surface area contributed by atoms with Crippen LogP contribution >= 0.6 is 11.6 Å². The predicted molar refractivity (Wildman–Crippen MR) is 95.1 cm³/mol. The van der Waals surface area contributed by atoms with Crippen molar-refractivity contribution >= 4 is 23.4 Å². The van der Waals surface area contributed by atoms with E-state index in [0.29, 0.717) is 36.1 Å². The van der Waals surface area contributed by atoms with Crippen molar-refractivity contribution in [1.82, 2.24) is 9.80 Å². The Hall–Kier alpha value is -1.55. The molecule has 5 heteroatoms. The number of rotatable bonds is 2. The first kappa shape index (κ1) is 17.3. The van der Waals surface area contributed by atoms with Gasteiger partial charge in [-0.2, -0.15) is 0 Å². The Morgan fingerprint density at radius 2 is 1.54 bits per heavy atom. The molecule has 0 radical (unpaired) electrons. The molecule has 1 aliphatic carbocycles. The van der Waals surface area contributed by atoms with Gasteiger partial charge in [0.25, 0.3) is 5.91 Å². The molecule has 0 atom stereocenters. The maximum Gasteiger partial charge on any atom is 0.255 e. The van der Waals surface area contributed by atoms with Crippen molar-refractivity contribution < 1.29 is 9.59 Å². The van der Waals surface area contributed by atoms with E-state index in [1.165, 1.54) is 19.3 Å². The summed E-state index contributed by atoms with van der Waals surface area (Å²) >= 11 is 6.15. The van der Waals surface area contributed by atoms with Gasteiger partial charge in [0.15, 0.2) is 0 Å². The Labute approximate surface area is 148 Å². The van der Waals surface area contributed by atoms with Gasteiger partial charge in [0.05, 0.1) is 10.6 Å². The molecule has 1 aromatic rings. The SMILES string of the molecule is O=C(c1ccccc1Cl)N1CCCN(C(=O)C2CCCCC2)CC1. The average Bonchev–Trinajstić information content (AvgIpc) is 2.88. The lowest BCUT2D eigenvalue weighted by molar-refractivity contribution is -0.136. The first-order chi connectivity index (χ1) is 11.7. The third-order valence-electron chi connectivity index (χ3n) is 5.15. The standard InChI is InChI=1S/C19H25ClN2O2/c20-17-10-5-4-9-16(17)19(24)22-12-6-11-21(13-14-22)18(23)15-7-2-1-3-8-15/h4-5,9-10,15H,1-3,6-8,11-14H2. The Morgan fingerprint density at radius 3 is 2.29 bits per heavy atom. The minimum Gasteiger partial charge on any atom is -0.341 e. The Morgan fingerprint density at radius 1 is 0.875 bits per heavy atom. The first-order valence-electron chi connectivity index (χ1n) is 8.99. The summed E-state index contributed by atoms with van der Waals surface area (Å²) in [6.45, 7) is 2.65. The van der Waals surface area contributed by atoms with Gasteiger partial charge in [-0.05, 0) is 31.4 Å². The lowest BCUT2D eigenvalue weighted by Crippen LogP contribution is -2.40. The van der Waals surface area contributed by atoms with Gasteiger partial charge in [0, 0.05) is 32.1 Å². The van der Waals surface area contributed by atoms with Crippen LogP contribution in [0.1, 0.15) is 48.9 Å². The number of halogens is 1. The number of benzene rings is 1. The van der Waals surface area contributed by atoms with E-state index in [9.17, 15) is 9.59 Å². The molecule has 2 aliphatic rings. The fourth-order valence-electron chi connectivity index (χ4n) is 3.75. The summed E-state index contributed by atoms with van der Waals surface area (Å²) in [6.07, 6.45) is 6.47. The molecule has 0 spiro atoms. The topological polar surface area (TPSA) is 40.6 Å². The van der Waals surface area contributed by atoms with Gasteiger partial charge in [-0.25, -0.2) is 0 Å². The van der Waals surface area contributed by atoms with Crippen molar-refractivity contribution in [2.45, 2.75) is 38.5 Å². The molecular weight excluding hydrogens is 324 g/mol. The minimum absolute atomic E-state index is 0.0347. The van der Waals surface area contributed by atoms with Gasteiger partial charge in [-0.1, -0.05) is 43.0 Å². The highest BCUT2D eigenvalue weighted by molar-refractivity contribution is 6.33. The number of hydrogen-bond donors (Lipinski definition) is 0. The molecule has 0 N–H and O–H groups in total. The molecule has 0 aromatic heterocycles. The molecule has 1 saturated heterocycles. The van der Waals surface area contributed by atoms with E-state index in [0.717, 1.165) is 25.8 Å². The molecule has 2 amide bonds. The molecule has 1 heterocycles. The third kappa shape index (κ3) is 3.92. The zero-order valence-electron chi connectivity index (χ0n) is 14.0. The highest BCUT2D eigenvalue weighted by atomic mass is 35.5. The molecule has 0 unspecified atom stereocenters. The van der Waals surface area contributed by atoms with Crippen molar-refractivity contribution in [1.29, 1.82) is 0 Å². The van der Waals surface area contributed by atoms with Gasteiger partial charge in [0.1, 0.15) is 0 Å². The monoisotopic (exact) mass is 348 g/mol. The second-order valence-corrected chi connectivity index (χ2v) is 7.19. The Bertz CT molecular complexity index is 599. The summed E-state index contributed by atoms with van der Waals surface area (Å²) < 4.78 is 0. The minimum atomic E-state index is -0.0347. The van der Waals surface area contributed by atoms with Crippen molar-refractivity contribution in [2.75, 3.05) is 26.2 Å². The Balaban J connectivity index is 1.61. The molecule has 24 heavy (non-hydrogen) atoms. The van der Waals surface area contributed by atoms with E-state index in [1.54, 1.807) is 12.1 Å². The number of amides is 2. The van der Waals surface area contributed by atoms with Gasteiger partial charge in [-0.3, -0.25) is 9.59 Å². The van der Waals surface area contributed by atoms with Crippen LogP contribution in [0.3, 0.4) is 0 Å². The lowest BCUT2D eigenvalue weighted by Gasteiger charge is -2.28. The van der Waals surface area contributed by atoms with Crippen LogP contribution in [0.2, 0.25) is 5.02 Å². The molecule has 1 aliphatic heterocycles. The van der Waals surface area contributed by atoms with Crippen molar-refractivity contribution in [3.8, 4) is 0 Å².